The maximum absolute atomic E-state index is 13.3. The standard InChI is InChI=1S/C23H17FN2O3/c1-14-3-2-4-18(13-14)26-20(15-9-11-25-12-10-15)19(22(28)23(26)29)21(27)16-5-7-17(24)8-6-16/h2-13,20,27H,1H3/b21-19+. The Morgan fingerprint density at radius 1 is 1.03 bits per heavy atom. The molecule has 1 fully saturated rings. The fourth-order valence-electron chi connectivity index (χ4n) is 3.50. The minimum atomic E-state index is -0.829. The van der Waals surface area contributed by atoms with E-state index in [4.69, 9.17) is 0 Å². The first-order valence-corrected chi connectivity index (χ1v) is 9.01. The Balaban J connectivity index is 1.94. The van der Waals surface area contributed by atoms with Crippen LogP contribution in [-0.4, -0.2) is 21.8 Å². The van der Waals surface area contributed by atoms with Gasteiger partial charge >= 0.3 is 0 Å². The highest BCUT2D eigenvalue weighted by molar-refractivity contribution is 6.51. The van der Waals surface area contributed by atoms with E-state index in [0.717, 1.165) is 5.56 Å². The zero-order chi connectivity index (χ0) is 20.5. The molecule has 2 aromatic carbocycles. The van der Waals surface area contributed by atoms with Crippen LogP contribution in [0.3, 0.4) is 0 Å². The summed E-state index contributed by atoms with van der Waals surface area (Å²) in [4.78, 5) is 31.3. The summed E-state index contributed by atoms with van der Waals surface area (Å²) in [5.41, 5.74) is 2.31. The molecule has 1 atom stereocenters. The van der Waals surface area contributed by atoms with E-state index >= 15 is 0 Å². The summed E-state index contributed by atoms with van der Waals surface area (Å²) >= 11 is 0. The lowest BCUT2D eigenvalue weighted by molar-refractivity contribution is -0.132. The number of pyridine rings is 1. The number of anilines is 1. The lowest BCUT2D eigenvalue weighted by Crippen LogP contribution is -2.29. The van der Waals surface area contributed by atoms with Crippen LogP contribution in [0.1, 0.15) is 22.7 Å². The van der Waals surface area contributed by atoms with Crippen LogP contribution in [0.4, 0.5) is 10.1 Å². The van der Waals surface area contributed by atoms with Crippen molar-refractivity contribution in [2.45, 2.75) is 13.0 Å². The Morgan fingerprint density at radius 2 is 1.72 bits per heavy atom. The van der Waals surface area contributed by atoms with Crippen molar-refractivity contribution in [1.29, 1.82) is 0 Å². The molecule has 1 amide bonds. The quantitative estimate of drug-likeness (QED) is 0.416. The van der Waals surface area contributed by atoms with Crippen LogP contribution in [0.5, 0.6) is 0 Å². The molecule has 5 nitrogen and oxygen atoms in total. The van der Waals surface area contributed by atoms with Crippen LogP contribution in [-0.2, 0) is 9.59 Å². The molecule has 1 saturated heterocycles. The number of nitrogens with zero attached hydrogens (tertiary/aromatic N) is 2. The first-order valence-electron chi connectivity index (χ1n) is 9.01. The topological polar surface area (TPSA) is 70.5 Å². The number of Topliss-reactive ketones (excluding diaryl/α,β-unsaturated/α-hetero) is 1. The molecule has 29 heavy (non-hydrogen) atoms. The fraction of sp³-hybridized carbons (Fsp3) is 0.0870. The van der Waals surface area contributed by atoms with Gasteiger partial charge in [-0.05, 0) is 66.6 Å². The van der Waals surface area contributed by atoms with Crippen molar-refractivity contribution >= 4 is 23.1 Å². The fourth-order valence-corrected chi connectivity index (χ4v) is 3.50. The predicted molar refractivity (Wildman–Crippen MR) is 107 cm³/mol. The molecule has 144 valence electrons. The first kappa shape index (κ1) is 18.6. The van der Waals surface area contributed by atoms with Gasteiger partial charge in [0.15, 0.2) is 0 Å². The third-order valence-corrected chi connectivity index (χ3v) is 4.86. The Morgan fingerprint density at radius 3 is 2.38 bits per heavy atom. The zero-order valence-corrected chi connectivity index (χ0v) is 15.5. The third-order valence-electron chi connectivity index (χ3n) is 4.86. The summed E-state index contributed by atoms with van der Waals surface area (Å²) in [6.45, 7) is 1.89. The van der Waals surface area contributed by atoms with Crippen LogP contribution in [0.2, 0.25) is 0 Å². The SMILES string of the molecule is Cc1cccc(N2C(=O)C(=O)/C(=C(/O)c3ccc(F)cc3)C2c2ccncc2)c1. The number of ketones is 1. The number of rotatable bonds is 3. The average Bonchev–Trinajstić information content (AvgIpc) is 2.99. The normalized spacial score (nSPS) is 18.3. The molecule has 3 aromatic rings. The number of carbonyl (C=O) groups excluding carboxylic acids is 2. The number of aryl methyl sites for hydroxylation is 1. The highest BCUT2D eigenvalue weighted by Crippen LogP contribution is 2.42. The number of aliphatic hydroxyl groups is 1. The third kappa shape index (κ3) is 3.29. The van der Waals surface area contributed by atoms with Gasteiger partial charge in [0.05, 0.1) is 11.6 Å². The Bertz CT molecular complexity index is 1120. The number of aromatic nitrogens is 1. The lowest BCUT2D eigenvalue weighted by Gasteiger charge is -2.25. The van der Waals surface area contributed by atoms with Gasteiger partial charge in [-0.3, -0.25) is 19.5 Å². The predicted octanol–water partition coefficient (Wildman–Crippen LogP) is 4.16. The zero-order valence-electron chi connectivity index (χ0n) is 15.5. The average molecular weight is 388 g/mol. The molecule has 0 spiro atoms. The molecule has 0 aliphatic carbocycles. The molecule has 1 aromatic heterocycles. The summed E-state index contributed by atoms with van der Waals surface area (Å²) in [7, 11) is 0. The van der Waals surface area contributed by atoms with Gasteiger partial charge in [0.25, 0.3) is 11.7 Å². The van der Waals surface area contributed by atoms with E-state index in [1.54, 1.807) is 42.7 Å². The minimum absolute atomic E-state index is 0.0469. The maximum Gasteiger partial charge on any atom is 0.300 e. The largest absolute Gasteiger partial charge is 0.507 e. The molecule has 0 saturated carbocycles. The van der Waals surface area contributed by atoms with Crippen LogP contribution >= 0.6 is 0 Å². The van der Waals surface area contributed by atoms with Crippen molar-refractivity contribution in [2.24, 2.45) is 0 Å². The number of benzene rings is 2. The van der Waals surface area contributed by atoms with Crippen molar-refractivity contribution in [1.82, 2.24) is 4.98 Å². The van der Waals surface area contributed by atoms with E-state index in [1.165, 1.54) is 29.2 Å². The van der Waals surface area contributed by atoms with Crippen molar-refractivity contribution in [3.05, 3.63) is 101 Å². The molecule has 6 heteroatoms. The Labute approximate surface area is 166 Å². The van der Waals surface area contributed by atoms with Gasteiger partial charge in [-0.15, -0.1) is 0 Å². The smallest absolute Gasteiger partial charge is 0.300 e. The molecule has 4 rings (SSSR count). The minimum Gasteiger partial charge on any atom is -0.507 e. The van der Waals surface area contributed by atoms with Crippen LogP contribution < -0.4 is 4.90 Å². The number of aliphatic hydroxyl groups excluding tert-OH is 1. The van der Waals surface area contributed by atoms with E-state index < -0.39 is 23.5 Å². The summed E-state index contributed by atoms with van der Waals surface area (Å²) in [6, 6.07) is 14.9. The molecule has 0 radical (unpaired) electrons. The number of carbonyl (C=O) groups is 2. The second-order valence-corrected chi connectivity index (χ2v) is 6.80. The second-order valence-electron chi connectivity index (χ2n) is 6.80. The molecule has 0 bridgehead atoms. The van der Waals surface area contributed by atoms with Crippen molar-refractivity contribution in [2.75, 3.05) is 4.90 Å². The van der Waals surface area contributed by atoms with Crippen molar-refractivity contribution in [3.8, 4) is 0 Å². The molecular weight excluding hydrogens is 371 g/mol. The van der Waals surface area contributed by atoms with Gasteiger partial charge in [0.2, 0.25) is 0 Å². The van der Waals surface area contributed by atoms with Crippen molar-refractivity contribution < 1.29 is 19.1 Å². The molecule has 1 unspecified atom stereocenters. The second kappa shape index (κ2) is 7.31. The van der Waals surface area contributed by atoms with Gasteiger partial charge < -0.3 is 5.11 Å². The van der Waals surface area contributed by atoms with Gasteiger partial charge in [0.1, 0.15) is 11.6 Å². The highest BCUT2D eigenvalue weighted by atomic mass is 19.1. The van der Waals surface area contributed by atoms with E-state index in [9.17, 15) is 19.1 Å². The molecule has 1 aliphatic heterocycles. The monoisotopic (exact) mass is 388 g/mol. The molecule has 1 N–H and O–H groups in total. The summed E-state index contributed by atoms with van der Waals surface area (Å²) in [5.74, 6) is -2.34. The number of halogens is 1. The number of amides is 1. The highest BCUT2D eigenvalue weighted by Gasteiger charge is 2.46. The summed E-state index contributed by atoms with van der Waals surface area (Å²) in [6.07, 6.45) is 3.12. The van der Waals surface area contributed by atoms with Gasteiger partial charge in [-0.1, -0.05) is 12.1 Å². The Hall–Kier alpha value is -3.80. The van der Waals surface area contributed by atoms with E-state index in [0.29, 0.717) is 11.3 Å². The van der Waals surface area contributed by atoms with Gasteiger partial charge in [-0.2, -0.15) is 0 Å². The summed E-state index contributed by atoms with van der Waals surface area (Å²) in [5, 5.41) is 10.9. The van der Waals surface area contributed by atoms with Crippen LogP contribution in [0.25, 0.3) is 5.76 Å². The first-order chi connectivity index (χ1) is 14.0. The van der Waals surface area contributed by atoms with E-state index in [-0.39, 0.29) is 16.9 Å². The van der Waals surface area contributed by atoms with Crippen LogP contribution in [0, 0.1) is 12.7 Å². The van der Waals surface area contributed by atoms with Crippen LogP contribution in [0.15, 0.2) is 78.6 Å². The number of hydrogen-bond acceptors (Lipinski definition) is 4. The maximum atomic E-state index is 13.3. The lowest BCUT2D eigenvalue weighted by atomic mass is 9.95. The molecular formula is C23H17FN2O3. The molecule has 1 aliphatic rings. The Kier molecular flexibility index (Phi) is 4.68. The summed E-state index contributed by atoms with van der Waals surface area (Å²) < 4.78 is 13.3. The van der Waals surface area contributed by atoms with Gasteiger partial charge in [0, 0.05) is 23.6 Å². The van der Waals surface area contributed by atoms with E-state index in [2.05, 4.69) is 4.98 Å². The van der Waals surface area contributed by atoms with Crippen molar-refractivity contribution in [3.63, 3.8) is 0 Å². The number of hydrogen-bond donors (Lipinski definition) is 1. The molecule has 2 heterocycles. The van der Waals surface area contributed by atoms with Gasteiger partial charge in [-0.25, -0.2) is 4.39 Å². The van der Waals surface area contributed by atoms with E-state index in [1.807, 2.05) is 13.0 Å².